The fourth-order valence-corrected chi connectivity index (χ4v) is 2.32. The molecule has 2 aromatic heterocycles. The third-order valence-corrected chi connectivity index (χ3v) is 3.85. The molecule has 0 atom stereocenters. The van der Waals surface area contributed by atoms with E-state index in [4.69, 9.17) is 16.1 Å². The number of carbonyl (C=O) groups is 1. The van der Waals surface area contributed by atoms with Gasteiger partial charge in [0.05, 0.1) is 28.6 Å². The highest BCUT2D eigenvalue weighted by Crippen LogP contribution is 2.18. The number of carbonyl (C=O) groups excluding carboxylic acids is 1. The largest absolute Gasteiger partial charge is 0.351 e. The van der Waals surface area contributed by atoms with Crippen molar-refractivity contribution < 1.29 is 9.32 Å². The fraction of sp³-hybridized carbons (Fsp3) is 0.533. The lowest BCUT2D eigenvalue weighted by atomic mass is 10.1. The first kappa shape index (κ1) is 16.5. The number of amides is 1. The molecule has 2 aromatic rings. The second-order valence-corrected chi connectivity index (χ2v) is 6.12. The van der Waals surface area contributed by atoms with Crippen molar-refractivity contribution in [1.29, 1.82) is 0 Å². The van der Waals surface area contributed by atoms with Gasteiger partial charge in [-0.25, -0.2) is 0 Å². The fourth-order valence-electron chi connectivity index (χ4n) is 2.19. The van der Waals surface area contributed by atoms with Crippen LogP contribution >= 0.6 is 11.6 Å². The molecule has 0 bridgehead atoms. The van der Waals surface area contributed by atoms with Crippen LogP contribution < -0.4 is 5.32 Å². The standard InChI is InChI=1S/C15H21ClN4O2/c1-9(2)7-12-8-13(22-19-12)15(21)17-5-6-20-11(4)14(16)10(3)18-20/h8-9H,5-7H2,1-4H3,(H,17,21). The zero-order chi connectivity index (χ0) is 16.3. The molecule has 6 nitrogen and oxygen atoms in total. The minimum Gasteiger partial charge on any atom is -0.351 e. The van der Waals surface area contributed by atoms with E-state index in [2.05, 4.69) is 29.4 Å². The Morgan fingerprint density at radius 2 is 2.18 bits per heavy atom. The van der Waals surface area contributed by atoms with E-state index < -0.39 is 0 Å². The summed E-state index contributed by atoms with van der Waals surface area (Å²) in [6.45, 7) is 8.94. The van der Waals surface area contributed by atoms with E-state index in [1.165, 1.54) is 0 Å². The molecule has 0 aliphatic rings. The number of hydrogen-bond acceptors (Lipinski definition) is 4. The number of aromatic nitrogens is 3. The molecule has 0 saturated heterocycles. The second-order valence-electron chi connectivity index (χ2n) is 5.74. The zero-order valence-corrected chi connectivity index (χ0v) is 14.1. The molecule has 120 valence electrons. The molecule has 0 saturated carbocycles. The Hall–Kier alpha value is -1.82. The third kappa shape index (κ3) is 3.88. The molecule has 0 radical (unpaired) electrons. The van der Waals surface area contributed by atoms with Crippen molar-refractivity contribution >= 4 is 17.5 Å². The first-order valence-corrected chi connectivity index (χ1v) is 7.69. The van der Waals surface area contributed by atoms with Crippen molar-refractivity contribution in [2.45, 2.75) is 40.7 Å². The quantitative estimate of drug-likeness (QED) is 0.886. The van der Waals surface area contributed by atoms with Crippen molar-refractivity contribution in [3.05, 3.63) is 33.9 Å². The predicted molar refractivity (Wildman–Crippen MR) is 84.1 cm³/mol. The lowest BCUT2D eigenvalue weighted by Gasteiger charge is -2.05. The molecule has 0 aromatic carbocycles. The number of halogens is 1. The number of hydrogen-bond donors (Lipinski definition) is 1. The van der Waals surface area contributed by atoms with Crippen LogP contribution in [0, 0.1) is 19.8 Å². The Kier molecular flexibility index (Phi) is 5.24. The first-order chi connectivity index (χ1) is 10.4. The van der Waals surface area contributed by atoms with Crippen LogP contribution in [-0.2, 0) is 13.0 Å². The molecule has 0 spiro atoms. The van der Waals surface area contributed by atoms with E-state index >= 15 is 0 Å². The molecular weight excluding hydrogens is 304 g/mol. The number of nitrogens with one attached hydrogen (secondary N) is 1. The maximum Gasteiger partial charge on any atom is 0.289 e. The average Bonchev–Trinajstić information content (AvgIpc) is 3.00. The highest BCUT2D eigenvalue weighted by Gasteiger charge is 2.14. The van der Waals surface area contributed by atoms with E-state index in [0.29, 0.717) is 24.0 Å². The maximum atomic E-state index is 12.0. The van der Waals surface area contributed by atoms with Gasteiger partial charge in [0.1, 0.15) is 0 Å². The van der Waals surface area contributed by atoms with Gasteiger partial charge in [0.2, 0.25) is 5.76 Å². The predicted octanol–water partition coefficient (Wildman–Crippen LogP) is 2.77. The van der Waals surface area contributed by atoms with E-state index in [1.54, 1.807) is 10.7 Å². The van der Waals surface area contributed by atoms with Gasteiger partial charge in [-0.15, -0.1) is 0 Å². The van der Waals surface area contributed by atoms with Crippen LogP contribution in [0.4, 0.5) is 0 Å². The topological polar surface area (TPSA) is 73.0 Å². The van der Waals surface area contributed by atoms with Crippen LogP contribution in [0.3, 0.4) is 0 Å². The van der Waals surface area contributed by atoms with Crippen molar-refractivity contribution in [3.8, 4) is 0 Å². The molecule has 7 heteroatoms. The van der Waals surface area contributed by atoms with Crippen LogP contribution in [0.1, 0.15) is 41.5 Å². The molecule has 0 fully saturated rings. The van der Waals surface area contributed by atoms with Gasteiger partial charge in [0.25, 0.3) is 5.91 Å². The summed E-state index contributed by atoms with van der Waals surface area (Å²) in [5.74, 6) is 0.439. The summed E-state index contributed by atoms with van der Waals surface area (Å²) in [6, 6.07) is 1.69. The van der Waals surface area contributed by atoms with E-state index in [9.17, 15) is 4.79 Å². The lowest BCUT2D eigenvalue weighted by Crippen LogP contribution is -2.27. The van der Waals surface area contributed by atoms with Crippen molar-refractivity contribution in [2.24, 2.45) is 5.92 Å². The first-order valence-electron chi connectivity index (χ1n) is 7.31. The van der Waals surface area contributed by atoms with Gasteiger partial charge in [-0.3, -0.25) is 9.48 Å². The highest BCUT2D eigenvalue weighted by molar-refractivity contribution is 6.31. The summed E-state index contributed by atoms with van der Waals surface area (Å²) < 4.78 is 6.85. The minimum absolute atomic E-state index is 0.238. The molecule has 2 rings (SSSR count). The van der Waals surface area contributed by atoms with E-state index in [1.807, 2.05) is 13.8 Å². The molecular formula is C15H21ClN4O2. The number of nitrogens with zero attached hydrogens (tertiary/aromatic N) is 3. The summed E-state index contributed by atoms with van der Waals surface area (Å²) >= 11 is 6.09. The summed E-state index contributed by atoms with van der Waals surface area (Å²) in [5.41, 5.74) is 2.48. The molecule has 0 aliphatic carbocycles. The normalized spacial score (nSPS) is 11.2. The molecule has 2 heterocycles. The van der Waals surface area contributed by atoms with Crippen LogP contribution in [0.15, 0.2) is 10.6 Å². The third-order valence-electron chi connectivity index (χ3n) is 3.30. The Morgan fingerprint density at radius 1 is 1.45 bits per heavy atom. The van der Waals surface area contributed by atoms with Gasteiger partial charge in [-0.2, -0.15) is 5.10 Å². The van der Waals surface area contributed by atoms with Crippen LogP contribution in [0.5, 0.6) is 0 Å². The number of aryl methyl sites for hydroxylation is 1. The van der Waals surface area contributed by atoms with Gasteiger partial charge in [0, 0.05) is 12.6 Å². The van der Waals surface area contributed by atoms with Gasteiger partial charge >= 0.3 is 0 Å². The summed E-state index contributed by atoms with van der Waals surface area (Å²) in [4.78, 5) is 12.0. The van der Waals surface area contributed by atoms with Crippen LogP contribution in [0.25, 0.3) is 0 Å². The Balaban J connectivity index is 1.87. The molecule has 0 unspecified atom stereocenters. The van der Waals surface area contributed by atoms with Gasteiger partial charge in [-0.05, 0) is 26.2 Å². The van der Waals surface area contributed by atoms with E-state index in [-0.39, 0.29) is 11.7 Å². The van der Waals surface area contributed by atoms with Gasteiger partial charge < -0.3 is 9.84 Å². The Labute approximate surface area is 134 Å². The SMILES string of the molecule is Cc1nn(CCNC(=O)c2cc(CC(C)C)no2)c(C)c1Cl. The maximum absolute atomic E-state index is 12.0. The zero-order valence-electron chi connectivity index (χ0n) is 13.3. The summed E-state index contributed by atoms with van der Waals surface area (Å²) in [6.07, 6.45) is 0.793. The second kappa shape index (κ2) is 6.96. The molecule has 0 aliphatic heterocycles. The highest BCUT2D eigenvalue weighted by atomic mass is 35.5. The summed E-state index contributed by atoms with van der Waals surface area (Å²) in [5, 5.41) is 11.7. The molecule has 1 N–H and O–H groups in total. The van der Waals surface area contributed by atoms with Crippen molar-refractivity contribution in [3.63, 3.8) is 0 Å². The van der Waals surface area contributed by atoms with Gasteiger partial charge in [0.15, 0.2) is 0 Å². The van der Waals surface area contributed by atoms with Crippen LogP contribution in [-0.4, -0.2) is 27.4 Å². The minimum atomic E-state index is -0.268. The smallest absolute Gasteiger partial charge is 0.289 e. The lowest BCUT2D eigenvalue weighted by molar-refractivity contribution is 0.0915. The van der Waals surface area contributed by atoms with E-state index in [0.717, 1.165) is 23.5 Å². The van der Waals surface area contributed by atoms with Gasteiger partial charge in [-0.1, -0.05) is 30.6 Å². The average molecular weight is 325 g/mol. The molecule has 22 heavy (non-hydrogen) atoms. The Morgan fingerprint density at radius 3 is 2.77 bits per heavy atom. The Bertz CT molecular complexity index is 661. The van der Waals surface area contributed by atoms with Crippen molar-refractivity contribution in [2.75, 3.05) is 6.54 Å². The van der Waals surface area contributed by atoms with Crippen molar-refractivity contribution in [1.82, 2.24) is 20.3 Å². The summed E-state index contributed by atoms with van der Waals surface area (Å²) in [7, 11) is 0. The monoisotopic (exact) mass is 324 g/mol. The molecule has 1 amide bonds. The van der Waals surface area contributed by atoms with Crippen LogP contribution in [0.2, 0.25) is 5.02 Å². The number of rotatable bonds is 6.